The van der Waals surface area contributed by atoms with Gasteiger partial charge in [-0.15, -0.1) is 22.0 Å². The van der Waals surface area contributed by atoms with Crippen LogP contribution >= 0.6 is 11.8 Å². The maximum Gasteiger partial charge on any atom is 0.168 e. The van der Waals surface area contributed by atoms with Crippen molar-refractivity contribution in [2.45, 2.75) is 11.8 Å². The molecule has 0 amide bonds. The Bertz CT molecular complexity index is 702. The monoisotopic (exact) mass is 281 g/mol. The van der Waals surface area contributed by atoms with Gasteiger partial charge in [-0.25, -0.2) is 0 Å². The molecule has 0 bridgehead atoms. The fraction of sp³-hybridized carbons (Fsp3) is 0.125. The van der Waals surface area contributed by atoms with E-state index in [4.69, 9.17) is 0 Å². The van der Waals surface area contributed by atoms with E-state index >= 15 is 0 Å². The zero-order valence-corrected chi connectivity index (χ0v) is 12.3. The molecule has 0 N–H and O–H groups in total. The summed E-state index contributed by atoms with van der Waals surface area (Å²) in [5.74, 6) is 1.77. The number of aromatic nitrogens is 3. The Morgan fingerprint density at radius 2 is 1.60 bits per heavy atom. The molecule has 0 fully saturated rings. The third kappa shape index (κ3) is 2.34. The lowest BCUT2D eigenvalue weighted by atomic mass is 10.2. The molecule has 0 aliphatic heterocycles. The van der Waals surface area contributed by atoms with Crippen LogP contribution in [0.5, 0.6) is 0 Å². The Hall–Kier alpha value is -2.07. The maximum absolute atomic E-state index is 4.32. The number of para-hydroxylation sites is 1. The van der Waals surface area contributed by atoms with Crippen LogP contribution in [0.4, 0.5) is 0 Å². The van der Waals surface area contributed by atoms with Crippen LogP contribution in [0.25, 0.3) is 17.1 Å². The van der Waals surface area contributed by atoms with Crippen molar-refractivity contribution in [1.29, 1.82) is 0 Å². The van der Waals surface area contributed by atoms with Crippen LogP contribution in [0.1, 0.15) is 5.82 Å². The summed E-state index contributed by atoms with van der Waals surface area (Å²) in [6, 6.07) is 18.6. The van der Waals surface area contributed by atoms with Crippen molar-refractivity contribution in [1.82, 2.24) is 14.8 Å². The number of aryl methyl sites for hydroxylation is 1. The zero-order chi connectivity index (χ0) is 13.9. The fourth-order valence-corrected chi connectivity index (χ4v) is 2.58. The van der Waals surface area contributed by atoms with E-state index in [1.54, 1.807) is 11.8 Å². The van der Waals surface area contributed by atoms with Gasteiger partial charge in [-0.3, -0.25) is 4.57 Å². The van der Waals surface area contributed by atoms with E-state index in [1.807, 2.05) is 25.1 Å². The molecule has 20 heavy (non-hydrogen) atoms. The lowest BCUT2D eigenvalue weighted by Gasteiger charge is -2.08. The number of nitrogens with zero attached hydrogens (tertiary/aromatic N) is 3. The smallest absolute Gasteiger partial charge is 0.168 e. The van der Waals surface area contributed by atoms with Gasteiger partial charge in [0, 0.05) is 16.1 Å². The molecule has 2 aromatic carbocycles. The molecule has 0 radical (unpaired) electrons. The molecule has 0 aliphatic carbocycles. The van der Waals surface area contributed by atoms with E-state index in [9.17, 15) is 0 Å². The van der Waals surface area contributed by atoms with Crippen molar-refractivity contribution in [2.75, 3.05) is 6.26 Å². The standard InChI is InChI=1S/C16H15N3S/c1-12-17-18-16(13-8-10-15(20-2)11-9-13)19(12)14-6-4-3-5-7-14/h3-11H,1-2H3. The van der Waals surface area contributed by atoms with Crippen molar-refractivity contribution in [3.63, 3.8) is 0 Å². The molecule has 1 aromatic heterocycles. The SMILES string of the molecule is CSc1ccc(-c2nnc(C)n2-c2ccccc2)cc1. The van der Waals surface area contributed by atoms with Gasteiger partial charge >= 0.3 is 0 Å². The second-order valence-corrected chi connectivity index (χ2v) is 5.35. The van der Waals surface area contributed by atoms with Gasteiger partial charge in [-0.2, -0.15) is 0 Å². The van der Waals surface area contributed by atoms with Crippen LogP contribution in [0.2, 0.25) is 0 Å². The van der Waals surface area contributed by atoms with E-state index < -0.39 is 0 Å². The van der Waals surface area contributed by atoms with Crippen molar-refractivity contribution < 1.29 is 0 Å². The molecule has 0 aliphatic rings. The van der Waals surface area contributed by atoms with Crippen LogP contribution in [0.3, 0.4) is 0 Å². The van der Waals surface area contributed by atoms with Crippen molar-refractivity contribution >= 4 is 11.8 Å². The number of benzene rings is 2. The number of thioether (sulfide) groups is 1. The van der Waals surface area contributed by atoms with Gasteiger partial charge in [0.05, 0.1) is 0 Å². The largest absolute Gasteiger partial charge is 0.279 e. The second kappa shape index (κ2) is 5.51. The first-order chi connectivity index (χ1) is 9.79. The number of hydrogen-bond acceptors (Lipinski definition) is 3. The van der Waals surface area contributed by atoms with Crippen LogP contribution in [-0.4, -0.2) is 21.0 Å². The third-order valence-electron chi connectivity index (χ3n) is 3.19. The summed E-state index contributed by atoms with van der Waals surface area (Å²) >= 11 is 1.74. The normalized spacial score (nSPS) is 10.7. The highest BCUT2D eigenvalue weighted by molar-refractivity contribution is 7.98. The average molecular weight is 281 g/mol. The second-order valence-electron chi connectivity index (χ2n) is 4.47. The van der Waals surface area contributed by atoms with Gasteiger partial charge in [-0.1, -0.05) is 30.3 Å². The number of hydrogen-bond donors (Lipinski definition) is 0. The molecule has 4 heteroatoms. The average Bonchev–Trinajstić information content (AvgIpc) is 2.90. The van der Waals surface area contributed by atoms with Gasteiger partial charge in [-0.05, 0) is 37.4 Å². The highest BCUT2D eigenvalue weighted by atomic mass is 32.2. The van der Waals surface area contributed by atoms with Gasteiger partial charge in [0.15, 0.2) is 5.82 Å². The molecule has 1 heterocycles. The molecular weight excluding hydrogens is 266 g/mol. The summed E-state index contributed by atoms with van der Waals surface area (Å²) in [5.41, 5.74) is 2.16. The van der Waals surface area contributed by atoms with Gasteiger partial charge < -0.3 is 0 Å². The van der Waals surface area contributed by atoms with Crippen LogP contribution < -0.4 is 0 Å². The first-order valence-corrected chi connectivity index (χ1v) is 7.64. The molecule has 3 rings (SSSR count). The lowest BCUT2D eigenvalue weighted by molar-refractivity contribution is 0.972. The minimum Gasteiger partial charge on any atom is -0.279 e. The molecule has 3 nitrogen and oxygen atoms in total. The molecule has 0 saturated heterocycles. The summed E-state index contributed by atoms with van der Waals surface area (Å²) in [7, 11) is 0. The molecular formula is C16H15N3S. The zero-order valence-electron chi connectivity index (χ0n) is 11.4. The molecule has 0 saturated carbocycles. The topological polar surface area (TPSA) is 30.7 Å². The first-order valence-electron chi connectivity index (χ1n) is 6.41. The molecule has 0 spiro atoms. The Balaban J connectivity index is 2.11. The molecule has 0 atom stereocenters. The van der Waals surface area contributed by atoms with Gasteiger partial charge in [0.25, 0.3) is 0 Å². The predicted octanol–water partition coefficient (Wildman–Crippen LogP) is 3.96. The Morgan fingerprint density at radius 3 is 2.25 bits per heavy atom. The van der Waals surface area contributed by atoms with Crippen LogP contribution in [-0.2, 0) is 0 Å². The lowest BCUT2D eigenvalue weighted by Crippen LogP contribution is -1.99. The predicted molar refractivity (Wildman–Crippen MR) is 83.3 cm³/mol. The van der Waals surface area contributed by atoms with E-state index in [2.05, 4.69) is 57.4 Å². The van der Waals surface area contributed by atoms with E-state index in [0.717, 1.165) is 22.9 Å². The summed E-state index contributed by atoms with van der Waals surface area (Å²) in [5, 5.41) is 8.54. The minimum atomic E-state index is 0.876. The molecule has 0 unspecified atom stereocenters. The first kappa shape index (κ1) is 12.9. The van der Waals surface area contributed by atoms with Crippen molar-refractivity contribution in [3.05, 3.63) is 60.4 Å². The maximum atomic E-state index is 4.32. The summed E-state index contributed by atoms with van der Waals surface area (Å²) < 4.78 is 2.08. The van der Waals surface area contributed by atoms with Crippen LogP contribution in [0.15, 0.2) is 59.5 Å². The van der Waals surface area contributed by atoms with Crippen molar-refractivity contribution in [3.8, 4) is 17.1 Å². The summed E-state index contributed by atoms with van der Waals surface area (Å²) in [4.78, 5) is 1.25. The molecule has 100 valence electrons. The van der Waals surface area contributed by atoms with E-state index in [0.29, 0.717) is 0 Å². The quantitative estimate of drug-likeness (QED) is 0.681. The number of rotatable bonds is 3. The van der Waals surface area contributed by atoms with E-state index in [-0.39, 0.29) is 0 Å². The highest BCUT2D eigenvalue weighted by Gasteiger charge is 2.12. The Morgan fingerprint density at radius 1 is 0.900 bits per heavy atom. The Labute approximate surface area is 122 Å². The van der Waals surface area contributed by atoms with Crippen molar-refractivity contribution in [2.24, 2.45) is 0 Å². The fourth-order valence-electron chi connectivity index (χ4n) is 2.18. The summed E-state index contributed by atoms with van der Waals surface area (Å²) in [6.45, 7) is 1.97. The van der Waals surface area contributed by atoms with Gasteiger partial charge in [0.1, 0.15) is 5.82 Å². The Kier molecular flexibility index (Phi) is 3.56. The van der Waals surface area contributed by atoms with Gasteiger partial charge in [0.2, 0.25) is 0 Å². The van der Waals surface area contributed by atoms with E-state index in [1.165, 1.54) is 4.90 Å². The summed E-state index contributed by atoms with van der Waals surface area (Å²) in [6.07, 6.45) is 2.08. The third-order valence-corrected chi connectivity index (χ3v) is 3.93. The highest BCUT2D eigenvalue weighted by Crippen LogP contribution is 2.24. The van der Waals surface area contributed by atoms with Crippen LogP contribution in [0, 0.1) is 6.92 Å². The minimum absolute atomic E-state index is 0.876. The molecule has 3 aromatic rings.